The molecule has 0 amide bonds. The second kappa shape index (κ2) is 2.21. The Morgan fingerprint density at radius 3 is 2.30 bits per heavy atom. The summed E-state index contributed by atoms with van der Waals surface area (Å²) in [5, 5.41) is 9.60. The number of likely N-dealkylation sites (tertiary alicyclic amines) is 1. The summed E-state index contributed by atoms with van der Waals surface area (Å²) < 4.78 is 0. The Morgan fingerprint density at radius 1 is 1.30 bits per heavy atom. The molecule has 58 valence electrons. The maximum atomic E-state index is 9.60. The topological polar surface area (TPSA) is 23.5 Å². The number of aliphatic hydroxyl groups excluding tert-OH is 1. The first-order valence-electron chi connectivity index (χ1n) is 4.14. The molecule has 1 aliphatic heterocycles. The lowest BCUT2D eigenvalue weighted by atomic mass is 9.91. The average Bonchev–Trinajstić information content (AvgIpc) is 2.60. The molecule has 0 aromatic carbocycles. The zero-order valence-electron chi connectivity index (χ0n) is 6.45. The minimum absolute atomic E-state index is 0.0243. The van der Waals surface area contributed by atoms with Crippen LogP contribution in [0.3, 0.4) is 0 Å². The largest absolute Gasteiger partial charge is 0.392 e. The molecule has 0 aromatic rings. The highest BCUT2D eigenvalue weighted by molar-refractivity contribution is 4.91. The summed E-state index contributed by atoms with van der Waals surface area (Å²) in [7, 11) is 2.11. The maximum absolute atomic E-state index is 9.60. The van der Waals surface area contributed by atoms with Crippen molar-refractivity contribution in [2.75, 3.05) is 20.1 Å². The Labute approximate surface area is 61.8 Å². The standard InChI is InChI=1S/C8H15NO/c1-9-4-7(5-9)8(10)6-2-3-6/h6-8,10H,2-5H2,1H3. The summed E-state index contributed by atoms with van der Waals surface area (Å²) in [5.41, 5.74) is 0. The molecule has 0 bridgehead atoms. The predicted molar refractivity (Wildman–Crippen MR) is 39.7 cm³/mol. The van der Waals surface area contributed by atoms with Gasteiger partial charge in [-0.1, -0.05) is 0 Å². The van der Waals surface area contributed by atoms with Crippen molar-refractivity contribution >= 4 is 0 Å². The Bertz CT molecular complexity index is 127. The van der Waals surface area contributed by atoms with Crippen LogP contribution in [0.2, 0.25) is 0 Å². The molecular weight excluding hydrogens is 126 g/mol. The smallest absolute Gasteiger partial charge is 0.0621 e. The van der Waals surface area contributed by atoms with Gasteiger partial charge in [-0.25, -0.2) is 0 Å². The molecule has 0 aromatic heterocycles. The lowest BCUT2D eigenvalue weighted by Gasteiger charge is -2.39. The second-order valence-corrected chi connectivity index (χ2v) is 3.81. The summed E-state index contributed by atoms with van der Waals surface area (Å²) in [4.78, 5) is 2.26. The van der Waals surface area contributed by atoms with E-state index < -0.39 is 0 Å². The average molecular weight is 141 g/mol. The van der Waals surface area contributed by atoms with Gasteiger partial charge in [0.15, 0.2) is 0 Å². The van der Waals surface area contributed by atoms with E-state index >= 15 is 0 Å². The van der Waals surface area contributed by atoms with Gasteiger partial charge in [-0.15, -0.1) is 0 Å². The highest BCUT2D eigenvalue weighted by Crippen LogP contribution is 2.37. The van der Waals surface area contributed by atoms with E-state index in [9.17, 15) is 5.11 Å². The molecule has 1 unspecified atom stereocenters. The summed E-state index contributed by atoms with van der Waals surface area (Å²) in [6.45, 7) is 2.22. The van der Waals surface area contributed by atoms with Crippen molar-refractivity contribution in [1.29, 1.82) is 0 Å². The number of hydrogen-bond donors (Lipinski definition) is 1. The first-order chi connectivity index (χ1) is 4.77. The summed E-state index contributed by atoms with van der Waals surface area (Å²) in [5.74, 6) is 1.26. The molecule has 1 N–H and O–H groups in total. The minimum Gasteiger partial charge on any atom is -0.392 e. The van der Waals surface area contributed by atoms with E-state index in [1.54, 1.807) is 0 Å². The number of nitrogens with zero attached hydrogens (tertiary/aromatic N) is 1. The van der Waals surface area contributed by atoms with Crippen LogP contribution in [0, 0.1) is 11.8 Å². The third-order valence-electron chi connectivity index (χ3n) is 2.68. The van der Waals surface area contributed by atoms with Gasteiger partial charge in [0.2, 0.25) is 0 Å². The number of aliphatic hydroxyl groups is 1. The van der Waals surface area contributed by atoms with E-state index in [0.717, 1.165) is 13.1 Å². The van der Waals surface area contributed by atoms with Crippen molar-refractivity contribution in [3.8, 4) is 0 Å². The van der Waals surface area contributed by atoms with Crippen molar-refractivity contribution in [1.82, 2.24) is 4.90 Å². The molecule has 0 radical (unpaired) electrons. The van der Waals surface area contributed by atoms with Crippen LogP contribution in [0.4, 0.5) is 0 Å². The van der Waals surface area contributed by atoms with Crippen molar-refractivity contribution in [3.05, 3.63) is 0 Å². The third kappa shape index (κ3) is 1.06. The minimum atomic E-state index is 0.0243. The van der Waals surface area contributed by atoms with E-state index in [-0.39, 0.29) is 6.10 Å². The van der Waals surface area contributed by atoms with Gasteiger partial charge in [-0.3, -0.25) is 0 Å². The third-order valence-corrected chi connectivity index (χ3v) is 2.68. The zero-order chi connectivity index (χ0) is 7.14. The van der Waals surface area contributed by atoms with Gasteiger partial charge in [0.25, 0.3) is 0 Å². The van der Waals surface area contributed by atoms with Gasteiger partial charge < -0.3 is 10.0 Å². The predicted octanol–water partition coefficient (Wildman–Crippen LogP) is 0.319. The lowest BCUT2D eigenvalue weighted by molar-refractivity contribution is -0.00193. The normalized spacial score (nSPS) is 31.8. The fourth-order valence-electron chi connectivity index (χ4n) is 1.79. The van der Waals surface area contributed by atoms with Gasteiger partial charge >= 0.3 is 0 Å². The van der Waals surface area contributed by atoms with Crippen LogP contribution in [-0.4, -0.2) is 36.2 Å². The summed E-state index contributed by atoms with van der Waals surface area (Å²) >= 11 is 0. The molecule has 2 rings (SSSR count). The maximum Gasteiger partial charge on any atom is 0.0621 e. The molecule has 1 saturated carbocycles. The zero-order valence-corrected chi connectivity index (χ0v) is 6.45. The van der Waals surface area contributed by atoms with E-state index in [0.29, 0.717) is 11.8 Å². The van der Waals surface area contributed by atoms with Gasteiger partial charge in [0.05, 0.1) is 6.10 Å². The lowest BCUT2D eigenvalue weighted by Crippen LogP contribution is -2.50. The Hall–Kier alpha value is -0.0800. The van der Waals surface area contributed by atoms with Crippen molar-refractivity contribution < 1.29 is 5.11 Å². The van der Waals surface area contributed by atoms with Gasteiger partial charge in [-0.05, 0) is 25.8 Å². The fraction of sp³-hybridized carbons (Fsp3) is 1.00. The van der Waals surface area contributed by atoms with Crippen LogP contribution < -0.4 is 0 Å². The van der Waals surface area contributed by atoms with Gasteiger partial charge in [0, 0.05) is 19.0 Å². The molecule has 2 nitrogen and oxygen atoms in total. The van der Waals surface area contributed by atoms with Crippen LogP contribution in [-0.2, 0) is 0 Å². The van der Waals surface area contributed by atoms with Gasteiger partial charge in [0.1, 0.15) is 0 Å². The molecule has 0 spiro atoms. The SMILES string of the molecule is CN1CC(C(O)C2CC2)C1. The molecule has 1 aliphatic carbocycles. The van der Waals surface area contributed by atoms with Crippen LogP contribution >= 0.6 is 0 Å². The van der Waals surface area contributed by atoms with E-state index in [1.807, 2.05) is 0 Å². The van der Waals surface area contributed by atoms with E-state index in [2.05, 4.69) is 11.9 Å². The fourth-order valence-corrected chi connectivity index (χ4v) is 1.79. The number of hydrogen-bond acceptors (Lipinski definition) is 2. The van der Waals surface area contributed by atoms with E-state index in [4.69, 9.17) is 0 Å². The Balaban J connectivity index is 1.77. The summed E-state index contributed by atoms with van der Waals surface area (Å²) in [6, 6.07) is 0. The number of rotatable bonds is 2. The monoisotopic (exact) mass is 141 g/mol. The Kier molecular flexibility index (Phi) is 1.46. The second-order valence-electron chi connectivity index (χ2n) is 3.81. The highest BCUT2D eigenvalue weighted by atomic mass is 16.3. The van der Waals surface area contributed by atoms with Crippen LogP contribution in [0.15, 0.2) is 0 Å². The molecule has 1 atom stereocenters. The van der Waals surface area contributed by atoms with Crippen LogP contribution in [0.1, 0.15) is 12.8 Å². The molecule has 2 heteroatoms. The van der Waals surface area contributed by atoms with E-state index in [1.165, 1.54) is 12.8 Å². The van der Waals surface area contributed by atoms with Crippen LogP contribution in [0.25, 0.3) is 0 Å². The molecule has 10 heavy (non-hydrogen) atoms. The molecule has 2 aliphatic rings. The first kappa shape index (κ1) is 6.62. The molecular formula is C8H15NO. The highest BCUT2D eigenvalue weighted by Gasteiger charge is 2.39. The quantitative estimate of drug-likeness (QED) is 0.598. The Morgan fingerprint density at radius 2 is 1.90 bits per heavy atom. The molecule has 1 heterocycles. The van der Waals surface area contributed by atoms with Crippen molar-refractivity contribution in [2.24, 2.45) is 11.8 Å². The summed E-state index contributed by atoms with van der Waals surface area (Å²) in [6.07, 6.45) is 2.55. The first-order valence-corrected chi connectivity index (χ1v) is 4.14. The van der Waals surface area contributed by atoms with Crippen molar-refractivity contribution in [2.45, 2.75) is 18.9 Å². The molecule has 2 fully saturated rings. The van der Waals surface area contributed by atoms with Crippen LogP contribution in [0.5, 0.6) is 0 Å². The van der Waals surface area contributed by atoms with Crippen molar-refractivity contribution in [3.63, 3.8) is 0 Å². The molecule has 1 saturated heterocycles. The van der Waals surface area contributed by atoms with Gasteiger partial charge in [-0.2, -0.15) is 0 Å².